The van der Waals surface area contributed by atoms with E-state index in [4.69, 9.17) is 18.9 Å². The Bertz CT molecular complexity index is 1250. The predicted octanol–water partition coefficient (Wildman–Crippen LogP) is 3.15. The Morgan fingerprint density at radius 2 is 1.44 bits per heavy atom. The van der Waals surface area contributed by atoms with Crippen LogP contribution in [0.15, 0.2) is 72.8 Å². The summed E-state index contributed by atoms with van der Waals surface area (Å²) in [5.74, 6) is -0.493. The predicted molar refractivity (Wildman–Crippen MR) is 143 cm³/mol. The molecule has 0 aliphatic carbocycles. The number of phenolic OH excluding ortho intramolecular Hbond substituents is 1. The first kappa shape index (κ1) is 28.8. The second kappa shape index (κ2) is 14.3. The summed E-state index contributed by atoms with van der Waals surface area (Å²) < 4.78 is 20.4. The van der Waals surface area contributed by atoms with E-state index in [0.29, 0.717) is 11.3 Å². The van der Waals surface area contributed by atoms with E-state index >= 15 is 0 Å². The summed E-state index contributed by atoms with van der Waals surface area (Å²) in [6, 6.07) is 18.6. The highest BCUT2D eigenvalue weighted by Crippen LogP contribution is 2.26. The van der Waals surface area contributed by atoms with Gasteiger partial charge in [0, 0.05) is 12.8 Å². The number of carbonyl (C=O) groups is 3. The van der Waals surface area contributed by atoms with Crippen LogP contribution in [0.3, 0.4) is 0 Å². The highest BCUT2D eigenvalue weighted by Gasteiger charge is 2.28. The van der Waals surface area contributed by atoms with Crippen molar-refractivity contribution in [3.8, 4) is 17.2 Å². The smallest absolute Gasteiger partial charge is 0.408 e. The number of methoxy groups -OCH3 is 3. The molecule has 2 amide bonds. The maximum Gasteiger partial charge on any atom is 0.408 e. The Labute approximate surface area is 226 Å². The fourth-order valence-electron chi connectivity index (χ4n) is 3.82. The molecule has 0 aliphatic heterocycles. The van der Waals surface area contributed by atoms with Gasteiger partial charge in [-0.15, -0.1) is 0 Å². The molecule has 3 N–H and O–H groups in total. The maximum atomic E-state index is 13.4. The van der Waals surface area contributed by atoms with Gasteiger partial charge in [0.15, 0.2) is 11.5 Å². The van der Waals surface area contributed by atoms with Gasteiger partial charge in [0.05, 0.1) is 21.3 Å². The number of ether oxygens (including phenoxy) is 4. The van der Waals surface area contributed by atoms with Crippen LogP contribution < -0.4 is 20.1 Å². The molecule has 0 saturated carbocycles. The van der Waals surface area contributed by atoms with Crippen molar-refractivity contribution in [2.75, 3.05) is 21.3 Å². The first-order valence-electron chi connectivity index (χ1n) is 12.2. The Morgan fingerprint density at radius 1 is 0.769 bits per heavy atom. The minimum atomic E-state index is -1.09. The maximum absolute atomic E-state index is 13.4. The van der Waals surface area contributed by atoms with Gasteiger partial charge in [-0.05, 0) is 41.0 Å². The van der Waals surface area contributed by atoms with Crippen molar-refractivity contribution in [3.05, 3.63) is 89.5 Å². The number of amides is 2. The van der Waals surface area contributed by atoms with Crippen LogP contribution in [0.4, 0.5) is 4.79 Å². The van der Waals surface area contributed by atoms with Crippen LogP contribution in [0.5, 0.6) is 17.2 Å². The van der Waals surface area contributed by atoms with E-state index in [0.717, 1.165) is 11.1 Å². The minimum absolute atomic E-state index is 0.0231. The van der Waals surface area contributed by atoms with Crippen molar-refractivity contribution in [1.82, 2.24) is 10.6 Å². The average molecular weight is 537 g/mol. The monoisotopic (exact) mass is 536 g/mol. The number of nitrogens with one attached hydrogen (secondary N) is 2. The van der Waals surface area contributed by atoms with E-state index in [1.807, 2.05) is 30.3 Å². The second-order valence-electron chi connectivity index (χ2n) is 8.61. The van der Waals surface area contributed by atoms with Crippen LogP contribution in [0.25, 0.3) is 0 Å². The van der Waals surface area contributed by atoms with E-state index < -0.39 is 30.1 Å². The summed E-state index contributed by atoms with van der Waals surface area (Å²) in [6.07, 6.45) is -0.640. The van der Waals surface area contributed by atoms with Gasteiger partial charge < -0.3 is 34.7 Å². The van der Waals surface area contributed by atoms with Crippen molar-refractivity contribution in [3.63, 3.8) is 0 Å². The quantitative estimate of drug-likeness (QED) is 0.301. The van der Waals surface area contributed by atoms with Crippen LogP contribution in [0.1, 0.15) is 16.7 Å². The van der Waals surface area contributed by atoms with Gasteiger partial charge in [0.25, 0.3) is 0 Å². The Kier molecular flexibility index (Phi) is 10.6. The molecule has 10 nitrogen and oxygen atoms in total. The SMILES string of the molecule is COC(=O)[C@H](Cc1ccc(OC)c(O)c1)NC(=O)[C@H](Cc1ccc(OC)cc1)NC(=O)OCc1ccccc1. The molecular weight excluding hydrogens is 504 g/mol. The third-order valence-corrected chi connectivity index (χ3v) is 5.91. The molecule has 10 heteroatoms. The molecule has 2 atom stereocenters. The van der Waals surface area contributed by atoms with E-state index in [1.165, 1.54) is 20.3 Å². The van der Waals surface area contributed by atoms with Crippen LogP contribution in [0.2, 0.25) is 0 Å². The Hall–Kier alpha value is -4.73. The van der Waals surface area contributed by atoms with E-state index in [9.17, 15) is 19.5 Å². The van der Waals surface area contributed by atoms with Crippen molar-refractivity contribution in [1.29, 1.82) is 0 Å². The number of hydrogen-bond donors (Lipinski definition) is 3. The van der Waals surface area contributed by atoms with Gasteiger partial charge in [0.2, 0.25) is 5.91 Å². The van der Waals surface area contributed by atoms with Crippen molar-refractivity contribution in [2.24, 2.45) is 0 Å². The third-order valence-electron chi connectivity index (χ3n) is 5.91. The van der Waals surface area contributed by atoms with Crippen LogP contribution in [-0.2, 0) is 38.5 Å². The van der Waals surface area contributed by atoms with E-state index in [2.05, 4.69) is 10.6 Å². The van der Waals surface area contributed by atoms with Crippen LogP contribution in [0, 0.1) is 0 Å². The topological polar surface area (TPSA) is 132 Å². The number of carbonyl (C=O) groups excluding carboxylic acids is 3. The van der Waals surface area contributed by atoms with Crippen LogP contribution in [-0.4, -0.2) is 56.5 Å². The molecule has 3 aromatic rings. The number of esters is 1. The van der Waals surface area contributed by atoms with Gasteiger partial charge >= 0.3 is 12.1 Å². The number of benzene rings is 3. The van der Waals surface area contributed by atoms with Gasteiger partial charge in [-0.2, -0.15) is 0 Å². The van der Waals surface area contributed by atoms with Gasteiger partial charge in [0.1, 0.15) is 24.4 Å². The summed E-state index contributed by atoms with van der Waals surface area (Å²) in [5, 5.41) is 15.4. The number of phenols is 1. The molecule has 0 aromatic heterocycles. The zero-order valence-corrected chi connectivity index (χ0v) is 22.0. The largest absolute Gasteiger partial charge is 0.504 e. The second-order valence-corrected chi connectivity index (χ2v) is 8.61. The lowest BCUT2D eigenvalue weighted by Gasteiger charge is -2.22. The van der Waals surface area contributed by atoms with Gasteiger partial charge in [-0.25, -0.2) is 9.59 Å². The molecule has 0 spiro atoms. The van der Waals surface area contributed by atoms with Crippen molar-refractivity contribution in [2.45, 2.75) is 31.5 Å². The molecule has 206 valence electrons. The summed E-state index contributed by atoms with van der Waals surface area (Å²) >= 11 is 0. The molecule has 3 rings (SSSR count). The van der Waals surface area contributed by atoms with Gasteiger partial charge in [-0.3, -0.25) is 4.79 Å². The van der Waals surface area contributed by atoms with Crippen molar-refractivity contribution < 1.29 is 38.4 Å². The minimum Gasteiger partial charge on any atom is -0.504 e. The molecule has 3 aromatic carbocycles. The fourth-order valence-corrected chi connectivity index (χ4v) is 3.82. The molecule has 39 heavy (non-hydrogen) atoms. The molecule has 0 heterocycles. The molecule has 0 radical (unpaired) electrons. The third kappa shape index (κ3) is 8.67. The summed E-state index contributed by atoms with van der Waals surface area (Å²) in [7, 11) is 4.18. The molecular formula is C29H32N2O8. The van der Waals surface area contributed by atoms with Crippen LogP contribution >= 0.6 is 0 Å². The standard InChI is InChI=1S/C29H32N2O8/c1-36-22-12-9-19(10-13-22)15-23(31-29(35)39-18-20-7-5-4-6-8-20)27(33)30-24(28(34)38-3)16-21-11-14-26(37-2)25(32)17-21/h4-14,17,23-24,32H,15-16,18H2,1-3H3,(H,30,33)(H,31,35)/t23-,24-/m0/s1. The lowest BCUT2D eigenvalue weighted by Crippen LogP contribution is -2.53. The Balaban J connectivity index is 1.76. The van der Waals surface area contributed by atoms with Gasteiger partial charge in [-0.1, -0.05) is 48.5 Å². The zero-order valence-electron chi connectivity index (χ0n) is 22.0. The average Bonchev–Trinajstić information content (AvgIpc) is 2.96. The first-order chi connectivity index (χ1) is 18.8. The van der Waals surface area contributed by atoms with E-state index in [1.54, 1.807) is 43.5 Å². The lowest BCUT2D eigenvalue weighted by molar-refractivity contribution is -0.145. The summed E-state index contributed by atoms with van der Waals surface area (Å²) in [4.78, 5) is 38.6. The molecule has 0 saturated heterocycles. The highest BCUT2D eigenvalue weighted by atomic mass is 16.5. The fraction of sp³-hybridized carbons (Fsp3) is 0.276. The van der Waals surface area contributed by atoms with Crippen molar-refractivity contribution >= 4 is 18.0 Å². The summed E-state index contributed by atoms with van der Waals surface area (Å²) in [6.45, 7) is 0.0231. The normalized spacial score (nSPS) is 12.0. The number of rotatable bonds is 12. The molecule has 0 unspecified atom stereocenters. The molecule has 0 aliphatic rings. The Morgan fingerprint density at radius 3 is 2.05 bits per heavy atom. The highest BCUT2D eigenvalue weighted by molar-refractivity contribution is 5.90. The number of aromatic hydroxyl groups is 1. The summed E-state index contributed by atoms with van der Waals surface area (Å²) in [5.41, 5.74) is 2.09. The first-order valence-corrected chi connectivity index (χ1v) is 12.2. The molecule has 0 fully saturated rings. The zero-order chi connectivity index (χ0) is 28.2. The number of alkyl carbamates (subject to hydrolysis) is 1. The van der Waals surface area contributed by atoms with E-state index in [-0.39, 0.29) is 30.9 Å². The molecule has 0 bridgehead atoms. The lowest BCUT2D eigenvalue weighted by atomic mass is 10.0. The number of hydrogen-bond acceptors (Lipinski definition) is 8.